The molecule has 0 radical (unpaired) electrons. The van der Waals surface area contributed by atoms with E-state index in [1.54, 1.807) is 6.20 Å². The Bertz CT molecular complexity index is 736. The van der Waals surface area contributed by atoms with Crippen LogP contribution in [0.15, 0.2) is 53.1 Å². The van der Waals surface area contributed by atoms with Crippen LogP contribution in [0.5, 0.6) is 0 Å². The first kappa shape index (κ1) is 16.6. The maximum absolute atomic E-state index is 12.3. The molecule has 6 heteroatoms. The molecule has 24 heavy (non-hydrogen) atoms. The Balaban J connectivity index is 1.59. The van der Waals surface area contributed by atoms with Crippen molar-refractivity contribution in [2.45, 2.75) is 31.3 Å². The quantitative estimate of drug-likeness (QED) is 0.823. The number of benzene rings is 1. The molecule has 0 aliphatic carbocycles. The van der Waals surface area contributed by atoms with Gasteiger partial charge in [-0.15, -0.1) is 0 Å². The molecule has 124 valence electrons. The van der Waals surface area contributed by atoms with Gasteiger partial charge in [0.2, 0.25) is 11.8 Å². The minimum Gasteiger partial charge on any atom is -0.342 e. The molecule has 0 bridgehead atoms. The van der Waals surface area contributed by atoms with E-state index in [0.29, 0.717) is 19.3 Å². The fourth-order valence-corrected chi connectivity index (χ4v) is 3.19. The molecule has 1 fully saturated rings. The van der Waals surface area contributed by atoms with Crippen molar-refractivity contribution < 1.29 is 9.59 Å². The number of piperazine rings is 1. The van der Waals surface area contributed by atoms with Crippen LogP contribution in [0, 0.1) is 0 Å². The van der Waals surface area contributed by atoms with Crippen molar-refractivity contribution in [2.24, 2.45) is 0 Å². The lowest BCUT2D eigenvalue weighted by Crippen LogP contribution is -2.62. The number of nitrogens with zero attached hydrogens (tertiary/aromatic N) is 1. The van der Waals surface area contributed by atoms with E-state index in [0.717, 1.165) is 15.7 Å². The van der Waals surface area contributed by atoms with Crippen LogP contribution < -0.4 is 10.6 Å². The van der Waals surface area contributed by atoms with Crippen molar-refractivity contribution in [3.63, 3.8) is 0 Å². The van der Waals surface area contributed by atoms with Crippen LogP contribution in [0.25, 0.3) is 0 Å². The average molecular weight is 388 g/mol. The lowest BCUT2D eigenvalue weighted by atomic mass is 10.00. The number of carbonyl (C=O) groups is 2. The zero-order valence-corrected chi connectivity index (χ0v) is 14.6. The monoisotopic (exact) mass is 387 g/mol. The van der Waals surface area contributed by atoms with Crippen LogP contribution in [0.2, 0.25) is 0 Å². The van der Waals surface area contributed by atoms with Gasteiger partial charge in [0, 0.05) is 22.8 Å². The third-order valence-electron chi connectivity index (χ3n) is 4.06. The summed E-state index contributed by atoms with van der Waals surface area (Å²) in [6, 6.07) is 12.3. The van der Waals surface area contributed by atoms with Gasteiger partial charge >= 0.3 is 0 Å². The lowest BCUT2D eigenvalue weighted by molar-refractivity contribution is -0.136. The fraction of sp³-hybridized carbons (Fsp3) is 0.278. The van der Waals surface area contributed by atoms with Crippen molar-refractivity contribution in [1.82, 2.24) is 15.6 Å². The normalized spacial score (nSPS) is 20.4. The summed E-state index contributed by atoms with van der Waals surface area (Å²) in [7, 11) is 0. The molecule has 1 aliphatic rings. The minimum absolute atomic E-state index is 0.136. The summed E-state index contributed by atoms with van der Waals surface area (Å²) in [5.74, 6) is -0.279. The highest BCUT2D eigenvalue weighted by Crippen LogP contribution is 2.18. The minimum atomic E-state index is -0.540. The second kappa shape index (κ2) is 7.57. The maximum Gasteiger partial charge on any atom is 0.243 e. The van der Waals surface area contributed by atoms with E-state index in [1.165, 1.54) is 0 Å². The van der Waals surface area contributed by atoms with Crippen molar-refractivity contribution in [3.05, 3.63) is 64.4 Å². The number of hydrogen-bond acceptors (Lipinski definition) is 3. The second-order valence-corrected chi connectivity index (χ2v) is 6.63. The summed E-state index contributed by atoms with van der Waals surface area (Å²) in [6.45, 7) is 0. The van der Waals surface area contributed by atoms with Gasteiger partial charge in [-0.3, -0.25) is 14.6 Å². The zero-order valence-electron chi connectivity index (χ0n) is 13.0. The van der Waals surface area contributed by atoms with Gasteiger partial charge in [0.05, 0.1) is 0 Å². The smallest absolute Gasteiger partial charge is 0.243 e. The Hall–Kier alpha value is -2.21. The molecule has 2 N–H and O–H groups in total. The van der Waals surface area contributed by atoms with Gasteiger partial charge in [-0.25, -0.2) is 0 Å². The van der Waals surface area contributed by atoms with Gasteiger partial charge in [0.25, 0.3) is 0 Å². The van der Waals surface area contributed by atoms with Gasteiger partial charge in [-0.2, -0.15) is 0 Å². The van der Waals surface area contributed by atoms with Crippen LogP contribution in [0.4, 0.5) is 0 Å². The van der Waals surface area contributed by atoms with Crippen LogP contribution in [-0.4, -0.2) is 28.9 Å². The summed E-state index contributed by atoms with van der Waals surface area (Å²) >= 11 is 3.47. The standard InChI is InChI=1S/C18H18BrN3O2/c19-14-7-2-1-5-12(14)11-16-18(24)21-15(17(23)22-16)9-8-13-6-3-4-10-20-13/h1-7,10,15-16H,8-9,11H2,(H,21,24)(H,22,23). The third-order valence-corrected chi connectivity index (χ3v) is 4.84. The number of carbonyl (C=O) groups excluding carboxylic acids is 2. The SMILES string of the molecule is O=C1NC(Cc2ccccc2Br)C(=O)NC1CCc1ccccn1. The largest absolute Gasteiger partial charge is 0.342 e. The predicted octanol–water partition coefficient (Wildman–Crippen LogP) is 2.00. The maximum atomic E-state index is 12.3. The van der Waals surface area contributed by atoms with Gasteiger partial charge in [-0.05, 0) is 36.6 Å². The summed E-state index contributed by atoms with van der Waals surface area (Å²) < 4.78 is 0.935. The summed E-state index contributed by atoms with van der Waals surface area (Å²) in [5.41, 5.74) is 1.90. The van der Waals surface area contributed by atoms with Crippen molar-refractivity contribution in [2.75, 3.05) is 0 Å². The molecule has 2 amide bonds. The molecule has 3 rings (SSSR count). The number of aromatic nitrogens is 1. The van der Waals surface area contributed by atoms with Crippen molar-refractivity contribution in [1.29, 1.82) is 0 Å². The highest BCUT2D eigenvalue weighted by molar-refractivity contribution is 9.10. The second-order valence-electron chi connectivity index (χ2n) is 5.78. The molecule has 2 unspecified atom stereocenters. The molecule has 1 aliphatic heterocycles. The Labute approximate surface area is 149 Å². The summed E-state index contributed by atoms with van der Waals surface area (Å²) in [5, 5.41) is 5.67. The van der Waals surface area contributed by atoms with Crippen LogP contribution in [-0.2, 0) is 22.4 Å². The molecular formula is C18H18BrN3O2. The van der Waals surface area contributed by atoms with E-state index in [-0.39, 0.29) is 11.8 Å². The first-order valence-electron chi connectivity index (χ1n) is 7.87. The highest BCUT2D eigenvalue weighted by atomic mass is 79.9. The molecule has 1 saturated heterocycles. The fourth-order valence-electron chi connectivity index (χ4n) is 2.74. The van der Waals surface area contributed by atoms with Crippen molar-refractivity contribution in [3.8, 4) is 0 Å². The number of aryl methyl sites for hydroxylation is 1. The van der Waals surface area contributed by atoms with Gasteiger partial charge in [0.1, 0.15) is 12.1 Å². The van der Waals surface area contributed by atoms with Crippen molar-refractivity contribution >= 4 is 27.7 Å². The predicted molar refractivity (Wildman–Crippen MR) is 94.3 cm³/mol. The topological polar surface area (TPSA) is 71.1 Å². The van der Waals surface area contributed by atoms with Crippen LogP contribution in [0.3, 0.4) is 0 Å². The summed E-state index contributed by atoms with van der Waals surface area (Å²) in [6.07, 6.45) is 3.37. The molecule has 0 spiro atoms. The molecule has 2 atom stereocenters. The van der Waals surface area contributed by atoms with E-state index in [9.17, 15) is 9.59 Å². The first-order chi connectivity index (χ1) is 11.6. The van der Waals surface area contributed by atoms with E-state index >= 15 is 0 Å². The molecule has 1 aromatic heterocycles. The number of amides is 2. The molecule has 2 heterocycles. The highest BCUT2D eigenvalue weighted by Gasteiger charge is 2.33. The van der Waals surface area contributed by atoms with Crippen LogP contribution in [0.1, 0.15) is 17.7 Å². The van der Waals surface area contributed by atoms with Gasteiger partial charge in [0.15, 0.2) is 0 Å². The number of rotatable bonds is 5. The number of halogens is 1. The molecule has 1 aromatic carbocycles. The van der Waals surface area contributed by atoms with E-state index in [2.05, 4.69) is 31.5 Å². The molecule has 5 nitrogen and oxygen atoms in total. The Morgan fingerprint density at radius 2 is 1.67 bits per heavy atom. The summed E-state index contributed by atoms with van der Waals surface area (Å²) in [4.78, 5) is 28.8. The van der Waals surface area contributed by atoms with E-state index < -0.39 is 12.1 Å². The molecule has 2 aromatic rings. The van der Waals surface area contributed by atoms with E-state index in [1.807, 2.05) is 42.5 Å². The first-order valence-corrected chi connectivity index (χ1v) is 8.67. The molecular weight excluding hydrogens is 370 g/mol. The number of pyridine rings is 1. The molecule has 0 saturated carbocycles. The Morgan fingerprint density at radius 1 is 0.958 bits per heavy atom. The third kappa shape index (κ3) is 4.00. The van der Waals surface area contributed by atoms with Gasteiger partial charge < -0.3 is 10.6 Å². The Kier molecular flexibility index (Phi) is 5.25. The van der Waals surface area contributed by atoms with E-state index in [4.69, 9.17) is 0 Å². The lowest BCUT2D eigenvalue weighted by Gasteiger charge is -2.29. The van der Waals surface area contributed by atoms with Crippen LogP contribution >= 0.6 is 15.9 Å². The Morgan fingerprint density at radius 3 is 2.42 bits per heavy atom. The average Bonchev–Trinajstić information content (AvgIpc) is 2.59. The zero-order chi connectivity index (χ0) is 16.9. The number of nitrogens with one attached hydrogen (secondary N) is 2. The van der Waals surface area contributed by atoms with Gasteiger partial charge in [-0.1, -0.05) is 40.2 Å². The number of hydrogen-bond donors (Lipinski definition) is 2.